The second kappa shape index (κ2) is 11.9. The highest BCUT2D eigenvalue weighted by Crippen LogP contribution is 2.32. The van der Waals surface area contributed by atoms with Crippen LogP contribution in [0.2, 0.25) is 5.02 Å². The molecule has 9 nitrogen and oxygen atoms in total. The van der Waals surface area contributed by atoms with E-state index >= 15 is 0 Å². The smallest absolute Gasteiger partial charge is 0.334 e. The quantitative estimate of drug-likeness (QED) is 0.245. The molecule has 2 aliphatic rings. The van der Waals surface area contributed by atoms with Crippen molar-refractivity contribution in [3.8, 4) is 0 Å². The third-order valence-electron chi connectivity index (χ3n) is 7.65. The number of hydrazine groups is 1. The van der Waals surface area contributed by atoms with E-state index in [2.05, 4.69) is 38.6 Å². The van der Waals surface area contributed by atoms with E-state index in [-0.39, 0.29) is 28.4 Å². The average Bonchev–Trinajstić information content (AvgIpc) is 3.30. The van der Waals surface area contributed by atoms with Crippen LogP contribution < -0.4 is 26.4 Å². The van der Waals surface area contributed by atoms with Gasteiger partial charge in [0.2, 0.25) is 5.91 Å². The minimum absolute atomic E-state index is 0.136. The summed E-state index contributed by atoms with van der Waals surface area (Å²) in [5.74, 6) is -0.446. The molecule has 1 aliphatic carbocycles. The first kappa shape index (κ1) is 27.3. The van der Waals surface area contributed by atoms with E-state index in [1.807, 2.05) is 66.7 Å². The van der Waals surface area contributed by atoms with Crippen LogP contribution in [-0.4, -0.2) is 35.4 Å². The van der Waals surface area contributed by atoms with Gasteiger partial charge in [-0.15, -0.1) is 0 Å². The van der Waals surface area contributed by atoms with Gasteiger partial charge in [0.15, 0.2) is 5.82 Å². The van der Waals surface area contributed by atoms with Crippen molar-refractivity contribution in [2.75, 3.05) is 16.9 Å². The van der Waals surface area contributed by atoms with Gasteiger partial charge in [-0.2, -0.15) is 0 Å². The van der Waals surface area contributed by atoms with Gasteiger partial charge in [0.25, 0.3) is 5.91 Å². The number of nitrogens with one attached hydrogen (secondary N) is 4. The number of hydrogen-bond donors (Lipinski definition) is 4. The molecule has 0 radical (unpaired) electrons. The third-order valence-corrected chi connectivity index (χ3v) is 7.94. The molecule has 212 valence electrons. The topological polar surface area (TPSA) is 115 Å². The Labute approximate surface area is 248 Å². The molecule has 4 amide bonds. The number of halogens is 1. The van der Waals surface area contributed by atoms with Crippen LogP contribution in [0.3, 0.4) is 0 Å². The maximum atomic E-state index is 13.0. The van der Waals surface area contributed by atoms with E-state index in [1.54, 1.807) is 4.90 Å². The number of carbonyl (C=O) groups is 3. The van der Waals surface area contributed by atoms with Gasteiger partial charge in [-0.1, -0.05) is 78.3 Å². The number of aromatic nitrogens is 1. The number of hydrogen-bond acceptors (Lipinski definition) is 5. The monoisotopic (exact) mass is 580 g/mol. The van der Waals surface area contributed by atoms with Crippen LogP contribution >= 0.6 is 11.6 Å². The predicted octanol–water partition coefficient (Wildman–Crippen LogP) is 4.78. The summed E-state index contributed by atoms with van der Waals surface area (Å²) in [5, 5.41) is 5.98. The molecule has 1 fully saturated rings. The van der Waals surface area contributed by atoms with Gasteiger partial charge in [0, 0.05) is 18.4 Å². The molecule has 1 aromatic heterocycles. The van der Waals surface area contributed by atoms with E-state index < -0.39 is 18.0 Å². The van der Waals surface area contributed by atoms with Gasteiger partial charge in [-0.05, 0) is 59.7 Å². The highest BCUT2D eigenvalue weighted by molar-refractivity contribution is 6.33. The van der Waals surface area contributed by atoms with Crippen LogP contribution in [0.25, 0.3) is 0 Å². The zero-order valence-corrected chi connectivity index (χ0v) is 23.4. The molecule has 0 spiro atoms. The molecule has 42 heavy (non-hydrogen) atoms. The number of amides is 4. The van der Waals surface area contributed by atoms with Crippen molar-refractivity contribution in [1.29, 1.82) is 0 Å². The van der Waals surface area contributed by atoms with E-state index in [1.165, 1.54) is 23.4 Å². The Bertz CT molecular complexity index is 1600. The molecule has 6 rings (SSSR count). The Morgan fingerprint density at radius 1 is 0.857 bits per heavy atom. The second-order valence-corrected chi connectivity index (χ2v) is 10.7. The standard InChI is InChI=1S/C32H29ClN6O3/c33-26-18-22(30(40)35-27-16-17-39(31(27)41)23-10-2-1-3-11-23)19-34-29(26)37-38-32(42)36-28-24-12-6-4-8-20(24)14-15-21-9-5-7-13-25(21)28/h1-13,18-19,27-28H,14-17H2,(H,34,37)(H,35,40)(H2,36,38,42). The van der Waals surface area contributed by atoms with E-state index in [9.17, 15) is 14.4 Å². The van der Waals surface area contributed by atoms with Crippen LogP contribution in [0, 0.1) is 0 Å². The van der Waals surface area contributed by atoms with Crippen LogP contribution in [0.4, 0.5) is 16.3 Å². The van der Waals surface area contributed by atoms with Crippen LogP contribution in [-0.2, 0) is 17.6 Å². The molecule has 1 unspecified atom stereocenters. The predicted molar refractivity (Wildman–Crippen MR) is 161 cm³/mol. The van der Waals surface area contributed by atoms with Gasteiger partial charge < -0.3 is 15.5 Å². The zero-order valence-electron chi connectivity index (χ0n) is 22.6. The average molecular weight is 581 g/mol. The molecule has 1 atom stereocenters. The maximum Gasteiger partial charge on any atom is 0.334 e. The number of urea groups is 1. The van der Waals surface area contributed by atoms with E-state index in [4.69, 9.17) is 11.6 Å². The van der Waals surface area contributed by atoms with Crippen molar-refractivity contribution in [3.63, 3.8) is 0 Å². The van der Waals surface area contributed by atoms with Crippen molar-refractivity contribution in [3.05, 3.63) is 124 Å². The number of para-hydroxylation sites is 1. The molecule has 4 N–H and O–H groups in total. The summed E-state index contributed by atoms with van der Waals surface area (Å²) in [6.07, 6.45) is 3.63. The maximum absolute atomic E-state index is 13.0. The molecule has 0 saturated carbocycles. The number of rotatable bonds is 6. The van der Waals surface area contributed by atoms with Gasteiger partial charge in [0.1, 0.15) is 6.04 Å². The highest BCUT2D eigenvalue weighted by Gasteiger charge is 2.34. The minimum Gasteiger partial charge on any atom is -0.340 e. The van der Waals surface area contributed by atoms with Crippen molar-refractivity contribution in [1.82, 2.24) is 21.0 Å². The van der Waals surface area contributed by atoms with Crippen LogP contribution in [0.15, 0.2) is 91.1 Å². The van der Waals surface area contributed by atoms with Crippen molar-refractivity contribution in [2.24, 2.45) is 0 Å². The highest BCUT2D eigenvalue weighted by atomic mass is 35.5. The van der Waals surface area contributed by atoms with Crippen molar-refractivity contribution < 1.29 is 14.4 Å². The number of benzene rings is 3. The first-order valence-corrected chi connectivity index (χ1v) is 14.2. The second-order valence-electron chi connectivity index (χ2n) is 10.2. The third kappa shape index (κ3) is 5.64. The number of fused-ring (bicyclic) bond motifs is 2. The Morgan fingerprint density at radius 2 is 1.50 bits per heavy atom. The number of aryl methyl sites for hydroxylation is 2. The molecule has 10 heteroatoms. The first-order valence-electron chi connectivity index (χ1n) is 13.8. The zero-order chi connectivity index (χ0) is 29.1. The summed E-state index contributed by atoms with van der Waals surface area (Å²) in [6.45, 7) is 0.515. The Kier molecular flexibility index (Phi) is 7.74. The molecule has 1 saturated heterocycles. The van der Waals surface area contributed by atoms with Crippen molar-refractivity contribution >= 4 is 41.0 Å². The lowest BCUT2D eigenvalue weighted by atomic mass is 9.95. The lowest BCUT2D eigenvalue weighted by Crippen LogP contribution is -2.42. The Morgan fingerprint density at radius 3 is 2.17 bits per heavy atom. The number of pyridine rings is 1. The van der Waals surface area contributed by atoms with Crippen molar-refractivity contribution in [2.45, 2.75) is 31.3 Å². The first-order chi connectivity index (χ1) is 20.5. The Balaban J connectivity index is 1.08. The fraction of sp³-hybridized carbons (Fsp3) is 0.188. The number of nitrogens with zero attached hydrogens (tertiary/aromatic N) is 2. The number of anilines is 2. The van der Waals surface area contributed by atoms with Gasteiger partial charge in [-0.3, -0.25) is 20.4 Å². The molecule has 0 bridgehead atoms. The summed E-state index contributed by atoms with van der Waals surface area (Å²) >= 11 is 6.40. The van der Waals surface area contributed by atoms with E-state index in [0.29, 0.717) is 13.0 Å². The van der Waals surface area contributed by atoms with Crippen LogP contribution in [0.5, 0.6) is 0 Å². The van der Waals surface area contributed by atoms with Gasteiger partial charge in [-0.25, -0.2) is 9.78 Å². The summed E-state index contributed by atoms with van der Waals surface area (Å²) in [6, 6.07) is 25.6. The number of carbonyl (C=O) groups excluding carboxylic acids is 3. The SMILES string of the molecule is O=C(NNc1ncc(C(=O)NC2CCN(c3ccccc3)C2=O)cc1Cl)NC1c2ccccc2CCc2ccccc21. The molecule has 4 aromatic rings. The lowest BCUT2D eigenvalue weighted by molar-refractivity contribution is -0.118. The molecular weight excluding hydrogens is 552 g/mol. The Hall–Kier alpha value is -4.89. The minimum atomic E-state index is -0.640. The van der Waals surface area contributed by atoms with Gasteiger partial charge >= 0.3 is 6.03 Å². The summed E-state index contributed by atoms with van der Waals surface area (Å²) in [7, 11) is 0. The van der Waals surface area contributed by atoms with Gasteiger partial charge in [0.05, 0.1) is 16.6 Å². The fourth-order valence-electron chi connectivity index (χ4n) is 5.54. The molecule has 1 aliphatic heterocycles. The lowest BCUT2D eigenvalue weighted by Gasteiger charge is -2.22. The molecule has 2 heterocycles. The normalized spacial score (nSPS) is 16.2. The van der Waals surface area contributed by atoms with E-state index in [0.717, 1.165) is 29.7 Å². The molecule has 3 aromatic carbocycles. The van der Waals surface area contributed by atoms with Crippen LogP contribution in [0.1, 0.15) is 45.1 Å². The summed E-state index contributed by atoms with van der Waals surface area (Å²) in [5.41, 5.74) is 10.8. The molecular formula is C32H29ClN6O3. The summed E-state index contributed by atoms with van der Waals surface area (Å²) in [4.78, 5) is 44.6. The largest absolute Gasteiger partial charge is 0.340 e. The fourth-order valence-corrected chi connectivity index (χ4v) is 5.75. The summed E-state index contributed by atoms with van der Waals surface area (Å²) < 4.78 is 0.